The van der Waals surface area contributed by atoms with E-state index in [0.29, 0.717) is 6.42 Å². The van der Waals surface area contributed by atoms with Gasteiger partial charge in [0.1, 0.15) is 0 Å². The molecule has 1 atom stereocenters. The van der Waals surface area contributed by atoms with Crippen molar-refractivity contribution in [2.45, 2.75) is 51.6 Å². The van der Waals surface area contributed by atoms with Crippen LogP contribution >= 0.6 is 0 Å². The Balaban J connectivity index is 1.86. The number of carbonyl (C=O) groups is 2. The van der Waals surface area contributed by atoms with Crippen molar-refractivity contribution in [3.05, 3.63) is 0 Å². The molecule has 0 aromatic rings. The van der Waals surface area contributed by atoms with Crippen LogP contribution in [-0.2, 0) is 9.59 Å². The molecule has 90 valence electrons. The summed E-state index contributed by atoms with van der Waals surface area (Å²) in [5.74, 6) is 0.640. The smallest absolute Gasteiger partial charge is 0.247 e. The zero-order valence-corrected chi connectivity index (χ0v) is 10.0. The van der Waals surface area contributed by atoms with Crippen LogP contribution in [0, 0.1) is 5.92 Å². The Bertz CT molecular complexity index is 297. The number of nitrogens with zero attached hydrogens (tertiary/aromatic N) is 1. The SMILES string of the molecule is CC(C)N1C(=O)CC(NCC2CCC2)C1=O. The molecule has 1 unspecified atom stereocenters. The second kappa shape index (κ2) is 4.53. The topological polar surface area (TPSA) is 49.4 Å². The quantitative estimate of drug-likeness (QED) is 0.722. The number of amides is 2. The zero-order valence-electron chi connectivity index (χ0n) is 10.0. The van der Waals surface area contributed by atoms with E-state index in [4.69, 9.17) is 0 Å². The third-order valence-electron chi connectivity index (χ3n) is 3.58. The molecule has 0 radical (unpaired) electrons. The molecule has 2 aliphatic rings. The van der Waals surface area contributed by atoms with Gasteiger partial charge in [-0.2, -0.15) is 0 Å². The van der Waals surface area contributed by atoms with Crippen molar-refractivity contribution >= 4 is 11.8 Å². The third kappa shape index (κ3) is 2.12. The second-order valence-electron chi connectivity index (χ2n) is 5.16. The Morgan fingerprint density at radius 2 is 2.06 bits per heavy atom. The maximum absolute atomic E-state index is 11.9. The summed E-state index contributed by atoms with van der Waals surface area (Å²) in [5.41, 5.74) is 0. The van der Waals surface area contributed by atoms with Gasteiger partial charge in [-0.3, -0.25) is 14.5 Å². The molecular weight excluding hydrogens is 204 g/mol. The second-order valence-corrected chi connectivity index (χ2v) is 5.16. The highest BCUT2D eigenvalue weighted by molar-refractivity contribution is 6.05. The van der Waals surface area contributed by atoms with Gasteiger partial charge in [-0.15, -0.1) is 0 Å². The van der Waals surface area contributed by atoms with Crippen LogP contribution in [0.5, 0.6) is 0 Å². The van der Waals surface area contributed by atoms with Crippen LogP contribution in [0.15, 0.2) is 0 Å². The minimum Gasteiger partial charge on any atom is -0.305 e. The molecule has 2 amide bonds. The Labute approximate surface area is 96.4 Å². The van der Waals surface area contributed by atoms with E-state index in [9.17, 15) is 9.59 Å². The number of imide groups is 1. The number of hydrogen-bond acceptors (Lipinski definition) is 3. The van der Waals surface area contributed by atoms with Crippen molar-refractivity contribution in [2.24, 2.45) is 5.92 Å². The predicted octanol–water partition coefficient (Wildman–Crippen LogP) is 0.912. The predicted molar refractivity (Wildman–Crippen MR) is 60.7 cm³/mol. The van der Waals surface area contributed by atoms with Crippen molar-refractivity contribution in [1.82, 2.24) is 10.2 Å². The lowest BCUT2D eigenvalue weighted by molar-refractivity contribution is -0.140. The van der Waals surface area contributed by atoms with Gasteiger partial charge in [-0.25, -0.2) is 0 Å². The van der Waals surface area contributed by atoms with Gasteiger partial charge in [-0.1, -0.05) is 6.42 Å². The van der Waals surface area contributed by atoms with Gasteiger partial charge in [0, 0.05) is 6.04 Å². The van der Waals surface area contributed by atoms with Crippen LogP contribution in [0.1, 0.15) is 39.5 Å². The first-order valence-electron chi connectivity index (χ1n) is 6.19. The summed E-state index contributed by atoms with van der Waals surface area (Å²) in [6.45, 7) is 4.64. The van der Waals surface area contributed by atoms with Crippen LogP contribution in [0.4, 0.5) is 0 Å². The van der Waals surface area contributed by atoms with Crippen molar-refractivity contribution in [1.29, 1.82) is 0 Å². The molecule has 1 saturated carbocycles. The maximum Gasteiger partial charge on any atom is 0.247 e. The summed E-state index contributed by atoms with van der Waals surface area (Å²) in [4.78, 5) is 24.9. The number of rotatable bonds is 4. The third-order valence-corrected chi connectivity index (χ3v) is 3.58. The molecule has 1 saturated heterocycles. The molecule has 0 spiro atoms. The highest BCUT2D eigenvalue weighted by atomic mass is 16.2. The van der Waals surface area contributed by atoms with E-state index in [2.05, 4.69) is 5.32 Å². The molecule has 16 heavy (non-hydrogen) atoms. The number of nitrogens with one attached hydrogen (secondary N) is 1. The number of likely N-dealkylation sites (tertiary alicyclic amines) is 1. The first-order valence-corrected chi connectivity index (χ1v) is 6.19. The van der Waals surface area contributed by atoms with Crippen molar-refractivity contribution in [3.8, 4) is 0 Å². The van der Waals surface area contributed by atoms with Crippen molar-refractivity contribution < 1.29 is 9.59 Å². The highest BCUT2D eigenvalue weighted by Crippen LogP contribution is 2.26. The van der Waals surface area contributed by atoms with Gasteiger partial charge in [-0.05, 0) is 39.2 Å². The Morgan fingerprint density at radius 1 is 1.38 bits per heavy atom. The van der Waals surface area contributed by atoms with Gasteiger partial charge in [0.25, 0.3) is 0 Å². The minimum atomic E-state index is -0.268. The zero-order chi connectivity index (χ0) is 11.7. The van der Waals surface area contributed by atoms with Gasteiger partial charge < -0.3 is 5.32 Å². The number of carbonyl (C=O) groups excluding carboxylic acids is 2. The lowest BCUT2D eigenvalue weighted by Crippen LogP contribution is -2.43. The Hall–Kier alpha value is -0.900. The van der Waals surface area contributed by atoms with Crippen LogP contribution in [0.3, 0.4) is 0 Å². The summed E-state index contributed by atoms with van der Waals surface area (Å²) >= 11 is 0. The van der Waals surface area contributed by atoms with Crippen LogP contribution in [-0.4, -0.2) is 35.3 Å². The average Bonchev–Trinajstić information content (AvgIpc) is 2.39. The summed E-state index contributed by atoms with van der Waals surface area (Å²) in [6.07, 6.45) is 4.16. The molecule has 0 bridgehead atoms. The van der Waals surface area contributed by atoms with Crippen LogP contribution in [0.25, 0.3) is 0 Å². The van der Waals surface area contributed by atoms with Crippen molar-refractivity contribution in [3.63, 3.8) is 0 Å². The summed E-state index contributed by atoms with van der Waals surface area (Å²) < 4.78 is 0. The molecular formula is C12H20N2O2. The van der Waals surface area contributed by atoms with Crippen LogP contribution < -0.4 is 5.32 Å². The van der Waals surface area contributed by atoms with Gasteiger partial charge in [0.2, 0.25) is 11.8 Å². The van der Waals surface area contributed by atoms with Gasteiger partial charge in [0.15, 0.2) is 0 Å². The molecule has 2 fully saturated rings. The first kappa shape index (κ1) is 11.6. The van der Waals surface area contributed by atoms with E-state index >= 15 is 0 Å². The average molecular weight is 224 g/mol. The normalized spacial score (nSPS) is 26.7. The summed E-state index contributed by atoms with van der Waals surface area (Å²) in [7, 11) is 0. The molecule has 2 rings (SSSR count). The summed E-state index contributed by atoms with van der Waals surface area (Å²) in [6, 6.07) is -0.286. The molecule has 0 aromatic carbocycles. The van der Waals surface area contributed by atoms with Gasteiger partial charge in [0.05, 0.1) is 12.5 Å². The van der Waals surface area contributed by atoms with Crippen LogP contribution in [0.2, 0.25) is 0 Å². The minimum absolute atomic E-state index is 0.0181. The van der Waals surface area contributed by atoms with E-state index in [1.54, 1.807) is 0 Å². The van der Waals surface area contributed by atoms with E-state index in [-0.39, 0.29) is 23.9 Å². The standard InChI is InChI=1S/C12H20N2O2/c1-8(2)14-11(15)6-10(12(14)16)13-7-9-4-3-5-9/h8-10,13H,3-7H2,1-2H3. The largest absolute Gasteiger partial charge is 0.305 e. The highest BCUT2D eigenvalue weighted by Gasteiger charge is 2.39. The van der Waals surface area contributed by atoms with E-state index in [0.717, 1.165) is 12.5 Å². The van der Waals surface area contributed by atoms with Gasteiger partial charge >= 0.3 is 0 Å². The lowest BCUT2D eigenvalue weighted by atomic mass is 9.85. The molecule has 4 heteroatoms. The fourth-order valence-electron chi connectivity index (χ4n) is 2.36. The molecule has 1 heterocycles. The molecule has 0 aromatic heterocycles. The lowest BCUT2D eigenvalue weighted by Gasteiger charge is -2.27. The Kier molecular flexibility index (Phi) is 3.28. The van der Waals surface area contributed by atoms with Crippen molar-refractivity contribution in [2.75, 3.05) is 6.54 Å². The van der Waals surface area contributed by atoms with E-state index < -0.39 is 0 Å². The van der Waals surface area contributed by atoms with E-state index in [1.165, 1.54) is 24.2 Å². The maximum atomic E-state index is 11.9. The first-order chi connectivity index (χ1) is 7.59. The molecule has 1 N–H and O–H groups in total. The fraction of sp³-hybridized carbons (Fsp3) is 0.833. The molecule has 4 nitrogen and oxygen atoms in total. The molecule has 1 aliphatic heterocycles. The monoisotopic (exact) mass is 224 g/mol. The number of hydrogen-bond donors (Lipinski definition) is 1. The fourth-order valence-corrected chi connectivity index (χ4v) is 2.36. The Morgan fingerprint density at radius 3 is 2.50 bits per heavy atom. The summed E-state index contributed by atoms with van der Waals surface area (Å²) in [5, 5.41) is 3.24. The van der Waals surface area contributed by atoms with E-state index in [1.807, 2.05) is 13.8 Å². The molecule has 1 aliphatic carbocycles.